The Morgan fingerprint density at radius 3 is 2.45 bits per heavy atom. The van der Waals surface area contributed by atoms with Crippen molar-refractivity contribution in [2.45, 2.75) is 13.3 Å². The van der Waals surface area contributed by atoms with Crippen molar-refractivity contribution in [3.8, 4) is 0 Å². The fraction of sp³-hybridized carbons (Fsp3) is 0.750. The van der Waals surface area contributed by atoms with Gasteiger partial charge in [-0.05, 0) is 6.92 Å². The highest BCUT2D eigenvalue weighted by Crippen LogP contribution is 2.35. The van der Waals surface area contributed by atoms with Crippen molar-refractivity contribution < 1.29 is 28.7 Å². The Morgan fingerprint density at radius 2 is 2.09 bits per heavy atom. The molecule has 0 unspecified atom stereocenters. The lowest BCUT2D eigenvalue weighted by molar-refractivity contribution is -0.221. The molecule has 0 bridgehead atoms. The molecule has 7 heteroatoms. The van der Waals surface area contributed by atoms with E-state index in [9.17, 15) is 9.36 Å². The Labute approximate surface area is 63.3 Å². The molecule has 2 N–H and O–H groups in total. The van der Waals surface area contributed by atoms with E-state index in [0.29, 0.717) is 0 Å². The minimum atomic E-state index is -4.56. The predicted molar refractivity (Wildman–Crippen MR) is 34.4 cm³/mol. The van der Waals surface area contributed by atoms with Crippen LogP contribution in [0.3, 0.4) is 0 Å². The second kappa shape index (κ2) is 4.58. The number of rotatable bonds is 5. The van der Waals surface area contributed by atoms with E-state index < -0.39 is 7.82 Å². The Bertz CT molecular complexity index is 171. The quantitative estimate of drug-likeness (QED) is 0.270. The summed E-state index contributed by atoms with van der Waals surface area (Å²) < 4.78 is 13.5. The fourth-order valence-corrected chi connectivity index (χ4v) is 0.503. The monoisotopic (exact) mass is 184 g/mol. The molecule has 0 aromatic rings. The van der Waals surface area contributed by atoms with Gasteiger partial charge in [-0.3, -0.25) is 4.79 Å². The molecule has 0 aliphatic rings. The summed E-state index contributed by atoms with van der Waals surface area (Å²) >= 11 is 0. The molecule has 0 aliphatic heterocycles. The van der Waals surface area contributed by atoms with Crippen molar-refractivity contribution in [3.05, 3.63) is 0 Å². The van der Waals surface area contributed by atoms with Crippen LogP contribution in [0.4, 0.5) is 0 Å². The van der Waals surface area contributed by atoms with Gasteiger partial charge in [-0.2, -0.15) is 0 Å². The lowest BCUT2D eigenvalue weighted by Gasteiger charge is -2.02. The Hall–Kier alpha value is -0.260. The van der Waals surface area contributed by atoms with Gasteiger partial charge in [0.1, 0.15) is 5.78 Å². The van der Waals surface area contributed by atoms with Gasteiger partial charge in [0.05, 0.1) is 6.61 Å². The minimum Gasteiger partial charge on any atom is -0.301 e. The van der Waals surface area contributed by atoms with E-state index >= 15 is 0 Å². The van der Waals surface area contributed by atoms with Crippen LogP contribution in [0.2, 0.25) is 0 Å². The average Bonchev–Trinajstić information content (AvgIpc) is 1.78. The van der Waals surface area contributed by atoms with E-state index in [-0.39, 0.29) is 18.8 Å². The molecule has 0 atom stereocenters. The number of carbonyl (C=O) groups is 1. The molecule has 0 amide bonds. The first-order valence-corrected chi connectivity index (χ1v) is 4.31. The van der Waals surface area contributed by atoms with Crippen LogP contribution in [0.1, 0.15) is 13.3 Å². The summed E-state index contributed by atoms with van der Waals surface area (Å²) in [6.45, 7) is 1.18. The number of hydrogen-bond donors (Lipinski definition) is 2. The second-order valence-electron chi connectivity index (χ2n) is 1.84. The van der Waals surface area contributed by atoms with Gasteiger partial charge in [0.25, 0.3) is 0 Å². The number of Topliss-reactive ketones (excluding diaryl/α,β-unsaturated/α-hetero) is 1. The van der Waals surface area contributed by atoms with Crippen molar-refractivity contribution in [2.24, 2.45) is 0 Å². The molecule has 0 aromatic carbocycles. The summed E-state index contributed by atoms with van der Waals surface area (Å²) in [6, 6.07) is 0. The van der Waals surface area contributed by atoms with Gasteiger partial charge < -0.3 is 9.79 Å². The van der Waals surface area contributed by atoms with Gasteiger partial charge in [0, 0.05) is 6.42 Å². The summed E-state index contributed by atoms with van der Waals surface area (Å²) in [6.07, 6.45) is 0.0694. The summed E-state index contributed by atoms with van der Waals surface area (Å²) in [5, 5.41) is 0. The van der Waals surface area contributed by atoms with Gasteiger partial charge in [0.15, 0.2) is 0 Å². The highest BCUT2D eigenvalue weighted by molar-refractivity contribution is 7.46. The van der Waals surface area contributed by atoms with Crippen LogP contribution in [-0.4, -0.2) is 22.2 Å². The maximum absolute atomic E-state index is 10.2. The van der Waals surface area contributed by atoms with Crippen LogP contribution in [0.5, 0.6) is 0 Å². The van der Waals surface area contributed by atoms with Gasteiger partial charge >= 0.3 is 7.82 Å². The van der Waals surface area contributed by atoms with E-state index in [0.717, 1.165) is 0 Å². The summed E-state index contributed by atoms with van der Waals surface area (Å²) in [5.41, 5.74) is 0. The van der Waals surface area contributed by atoms with E-state index in [1.807, 2.05) is 0 Å². The van der Waals surface area contributed by atoms with Crippen molar-refractivity contribution in [3.63, 3.8) is 0 Å². The molecule has 0 aromatic heterocycles. The molecule has 0 spiro atoms. The smallest absolute Gasteiger partial charge is 0.301 e. The highest BCUT2D eigenvalue weighted by atomic mass is 31.2. The molecule has 11 heavy (non-hydrogen) atoms. The number of carbonyl (C=O) groups excluding carboxylic acids is 1. The van der Waals surface area contributed by atoms with Gasteiger partial charge in [-0.1, -0.05) is 0 Å². The van der Waals surface area contributed by atoms with E-state index in [4.69, 9.17) is 9.79 Å². The zero-order valence-electron chi connectivity index (χ0n) is 5.89. The van der Waals surface area contributed by atoms with Crippen LogP contribution < -0.4 is 0 Å². The normalized spacial score (nSPS) is 11.5. The molecule has 0 heterocycles. The first kappa shape index (κ1) is 10.7. The van der Waals surface area contributed by atoms with Crippen LogP contribution in [-0.2, 0) is 18.9 Å². The van der Waals surface area contributed by atoms with Crippen LogP contribution in [0, 0.1) is 0 Å². The molecule has 0 radical (unpaired) electrons. The third-order valence-electron chi connectivity index (χ3n) is 0.687. The summed E-state index contributed by atoms with van der Waals surface area (Å²) in [7, 11) is -4.56. The van der Waals surface area contributed by atoms with Gasteiger partial charge in [0.2, 0.25) is 0 Å². The van der Waals surface area contributed by atoms with Crippen molar-refractivity contribution in [1.29, 1.82) is 0 Å². The second-order valence-corrected chi connectivity index (χ2v) is 2.97. The topological polar surface area (TPSA) is 93.1 Å². The molecular formula is C4H9O6P. The van der Waals surface area contributed by atoms with Crippen molar-refractivity contribution in [2.75, 3.05) is 6.61 Å². The summed E-state index contributed by atoms with van der Waals surface area (Å²) in [5.74, 6) is -0.140. The van der Waals surface area contributed by atoms with Crippen molar-refractivity contribution in [1.82, 2.24) is 0 Å². The van der Waals surface area contributed by atoms with Gasteiger partial charge in [-0.15, -0.1) is 4.67 Å². The lowest BCUT2D eigenvalue weighted by Crippen LogP contribution is -2.00. The highest BCUT2D eigenvalue weighted by Gasteiger charge is 2.14. The molecule has 0 rings (SSSR count). The van der Waals surface area contributed by atoms with E-state index in [1.54, 1.807) is 0 Å². The zero-order valence-corrected chi connectivity index (χ0v) is 6.78. The maximum Gasteiger partial charge on any atom is 0.496 e. The van der Waals surface area contributed by atoms with Crippen LogP contribution in [0.25, 0.3) is 0 Å². The zero-order chi connectivity index (χ0) is 8.91. The lowest BCUT2D eigenvalue weighted by atomic mass is 10.3. The predicted octanol–water partition coefficient (Wildman–Crippen LogP) is 0.00640. The first-order valence-electron chi connectivity index (χ1n) is 2.78. The molecule has 0 aliphatic carbocycles. The standard InChI is InChI=1S/C4H9O6P/c1-4(5)2-3-9-10-11(6,7)8/h2-3H2,1H3,(H2,6,7,8). The van der Waals surface area contributed by atoms with E-state index in [2.05, 4.69) is 9.56 Å². The third kappa shape index (κ3) is 9.74. The Kier molecular flexibility index (Phi) is 4.48. The molecule has 6 nitrogen and oxygen atoms in total. The number of hydrogen-bond acceptors (Lipinski definition) is 4. The average molecular weight is 184 g/mol. The number of phosphoric acid groups is 1. The largest absolute Gasteiger partial charge is 0.496 e. The van der Waals surface area contributed by atoms with E-state index in [1.165, 1.54) is 6.92 Å². The van der Waals surface area contributed by atoms with Crippen LogP contribution in [0.15, 0.2) is 0 Å². The summed E-state index contributed by atoms with van der Waals surface area (Å²) in [4.78, 5) is 30.4. The van der Waals surface area contributed by atoms with Crippen LogP contribution >= 0.6 is 7.82 Å². The number of ketones is 1. The fourth-order valence-electron chi connectivity index (χ4n) is 0.291. The molecule has 0 saturated carbocycles. The van der Waals surface area contributed by atoms with Crippen molar-refractivity contribution >= 4 is 13.6 Å². The molecule has 66 valence electrons. The maximum atomic E-state index is 10.2. The molecule has 0 saturated heterocycles. The minimum absolute atomic E-state index is 0.0694. The molecule has 0 fully saturated rings. The first-order chi connectivity index (χ1) is 4.92. The van der Waals surface area contributed by atoms with Gasteiger partial charge in [-0.25, -0.2) is 9.45 Å². The SMILES string of the molecule is CC(=O)CCOOP(=O)(O)O. The molecular weight excluding hydrogens is 175 g/mol. The Morgan fingerprint density at radius 1 is 1.55 bits per heavy atom. The third-order valence-corrected chi connectivity index (χ3v) is 0.987. The Balaban J connectivity index is 3.29.